The Morgan fingerprint density at radius 1 is 0.900 bits per heavy atom. The van der Waals surface area contributed by atoms with Crippen molar-refractivity contribution in [2.45, 2.75) is 44.7 Å². The Hall–Kier alpha value is -5.46. The fourth-order valence-electron chi connectivity index (χ4n) is 6.79. The number of benzene rings is 3. The van der Waals surface area contributed by atoms with Gasteiger partial charge in [0.05, 0.1) is 25.3 Å². The number of pyridine rings is 1. The molecule has 3 aromatic carbocycles. The molecule has 4 aromatic rings. The van der Waals surface area contributed by atoms with Crippen LogP contribution < -0.4 is 35.1 Å². The van der Waals surface area contributed by atoms with E-state index in [4.69, 9.17) is 14.2 Å². The molecule has 3 amide bonds. The number of allylic oxidation sites excluding steroid dienone is 2. The van der Waals surface area contributed by atoms with Gasteiger partial charge < -0.3 is 35.1 Å². The molecule has 0 unspecified atom stereocenters. The quantitative estimate of drug-likeness (QED) is 0.143. The van der Waals surface area contributed by atoms with Crippen LogP contribution in [0.15, 0.2) is 78.1 Å². The van der Waals surface area contributed by atoms with E-state index in [1.54, 1.807) is 53.6 Å². The van der Waals surface area contributed by atoms with E-state index in [-0.39, 0.29) is 17.3 Å². The zero-order chi connectivity index (χ0) is 35.3. The Morgan fingerprint density at radius 2 is 1.62 bits per heavy atom. The molecule has 0 radical (unpaired) electrons. The Kier molecular flexibility index (Phi) is 10.3. The van der Waals surface area contributed by atoms with Crippen molar-refractivity contribution in [3.05, 3.63) is 83.7 Å². The molecule has 0 saturated carbocycles. The van der Waals surface area contributed by atoms with Crippen molar-refractivity contribution in [2.75, 3.05) is 42.8 Å². The first kappa shape index (κ1) is 34.4. The summed E-state index contributed by atoms with van der Waals surface area (Å²) in [7, 11) is 3.07. The molecule has 1 fully saturated rings. The number of anilines is 3. The topological polar surface area (TPSA) is 114 Å². The second-order valence-electron chi connectivity index (χ2n) is 12.2. The number of nitrogens with zero attached hydrogens (tertiary/aromatic N) is 2. The second kappa shape index (κ2) is 15.0. The number of hydrogen-bond acceptors (Lipinski definition) is 7. The molecule has 1 aromatic heterocycles. The van der Waals surface area contributed by atoms with Gasteiger partial charge >= 0.3 is 12.2 Å². The van der Waals surface area contributed by atoms with E-state index in [2.05, 4.69) is 20.9 Å². The molecule has 13 heteroatoms. The van der Waals surface area contributed by atoms with Gasteiger partial charge in [-0.3, -0.25) is 9.78 Å². The minimum atomic E-state index is -4.63. The number of hydrogen-bond donors (Lipinski definition) is 3. The molecule has 0 spiro atoms. The lowest BCUT2D eigenvalue weighted by Gasteiger charge is -2.37. The van der Waals surface area contributed by atoms with Gasteiger partial charge in [-0.2, -0.15) is 13.2 Å². The number of aromatic nitrogens is 1. The number of ether oxygens (including phenoxy) is 3. The largest absolute Gasteiger partial charge is 0.493 e. The highest BCUT2D eigenvalue weighted by molar-refractivity contribution is 6.00. The molecule has 50 heavy (non-hydrogen) atoms. The highest BCUT2D eigenvalue weighted by Gasteiger charge is 2.36. The number of carbonyl (C=O) groups excluding carboxylic acids is 2. The monoisotopic (exact) mass is 689 g/mol. The van der Waals surface area contributed by atoms with E-state index in [1.807, 2.05) is 0 Å². The lowest BCUT2D eigenvalue weighted by atomic mass is 9.81. The Balaban J connectivity index is 1.13. The molecule has 3 N–H and O–H groups in total. The third-order valence-corrected chi connectivity index (χ3v) is 9.16. The number of carbonyl (C=O) groups is 2. The summed E-state index contributed by atoms with van der Waals surface area (Å²) in [5, 5.41) is 8.73. The van der Waals surface area contributed by atoms with Crippen LogP contribution in [0.25, 0.3) is 10.9 Å². The number of fused-ring (bicyclic) bond motifs is 1. The van der Waals surface area contributed by atoms with Crippen molar-refractivity contribution < 1.29 is 37.0 Å². The van der Waals surface area contributed by atoms with Gasteiger partial charge in [0.15, 0.2) is 11.5 Å². The van der Waals surface area contributed by atoms with Gasteiger partial charge in [-0.25, -0.2) is 4.79 Å². The fourth-order valence-corrected chi connectivity index (χ4v) is 6.79. The second-order valence-corrected chi connectivity index (χ2v) is 12.2. The normalized spacial score (nSPS) is 15.4. The summed E-state index contributed by atoms with van der Waals surface area (Å²) >= 11 is 0. The Bertz CT molecular complexity index is 1910. The van der Waals surface area contributed by atoms with Gasteiger partial charge in [-0.1, -0.05) is 6.07 Å². The lowest BCUT2D eigenvalue weighted by molar-refractivity contribution is -0.137. The van der Waals surface area contributed by atoms with Crippen LogP contribution in [0.5, 0.6) is 23.0 Å². The number of alkyl halides is 3. The van der Waals surface area contributed by atoms with Crippen LogP contribution in [0.3, 0.4) is 0 Å². The van der Waals surface area contributed by atoms with E-state index in [0.717, 1.165) is 37.4 Å². The number of urea groups is 1. The molecule has 262 valence electrons. The van der Waals surface area contributed by atoms with Crippen molar-refractivity contribution >= 4 is 40.4 Å². The maximum atomic E-state index is 14.3. The number of methoxy groups -OCH3 is 2. The van der Waals surface area contributed by atoms with Crippen molar-refractivity contribution in [3.63, 3.8) is 0 Å². The maximum Gasteiger partial charge on any atom is 0.418 e. The summed E-state index contributed by atoms with van der Waals surface area (Å²) in [6.45, 7) is 0.905. The number of halogens is 3. The molecule has 2 heterocycles. The van der Waals surface area contributed by atoms with Crippen molar-refractivity contribution in [2.24, 2.45) is 5.92 Å². The minimum absolute atomic E-state index is 0.00503. The lowest BCUT2D eigenvalue weighted by Crippen LogP contribution is -2.36. The summed E-state index contributed by atoms with van der Waals surface area (Å²) in [4.78, 5) is 30.2. The van der Waals surface area contributed by atoms with Gasteiger partial charge in [0, 0.05) is 59.6 Å². The van der Waals surface area contributed by atoms with Crippen LogP contribution in [0.4, 0.5) is 35.0 Å². The van der Waals surface area contributed by atoms with Crippen LogP contribution in [0.1, 0.15) is 44.1 Å². The number of amides is 3. The average molecular weight is 690 g/mol. The van der Waals surface area contributed by atoms with E-state index < -0.39 is 17.8 Å². The summed E-state index contributed by atoms with van der Waals surface area (Å²) in [6, 6.07) is 15.0. The van der Waals surface area contributed by atoms with Crippen LogP contribution in [0.2, 0.25) is 0 Å². The zero-order valence-corrected chi connectivity index (χ0v) is 27.7. The zero-order valence-electron chi connectivity index (χ0n) is 27.7. The molecule has 1 aliphatic carbocycles. The van der Waals surface area contributed by atoms with E-state index >= 15 is 0 Å². The number of nitrogens with one attached hydrogen (secondary N) is 3. The Morgan fingerprint density at radius 3 is 2.34 bits per heavy atom. The standard InChI is InChI=1S/C37H38F3N5O5/c1-48-34-20-28-31(21-35(34)49-2)41-15-12-33(28)50-26-7-5-6-24(18-26)43-36(47)44-25-10-11-32(29(19-25)37(38,39)40)45-16-13-23(14-17-45)27-8-3-4-9-30(27)42-22-46/h5-7,10-12,15,18-23H,3-4,8-9,13-14,16-17H2,1-2H3,(H,42,46)(H2,43,44,47). The third kappa shape index (κ3) is 7.72. The van der Waals surface area contributed by atoms with Crippen LogP contribution in [-0.2, 0) is 11.0 Å². The van der Waals surface area contributed by atoms with Crippen molar-refractivity contribution in [1.29, 1.82) is 0 Å². The van der Waals surface area contributed by atoms with E-state index in [0.29, 0.717) is 71.9 Å². The smallest absolute Gasteiger partial charge is 0.418 e. The number of rotatable bonds is 10. The fraction of sp³-hybridized carbons (Fsp3) is 0.324. The predicted octanol–water partition coefficient (Wildman–Crippen LogP) is 8.50. The van der Waals surface area contributed by atoms with Crippen LogP contribution >= 0.6 is 0 Å². The molecular formula is C37H38F3N5O5. The summed E-state index contributed by atoms with van der Waals surface area (Å²) in [6.07, 6.45) is 2.86. The summed E-state index contributed by atoms with van der Waals surface area (Å²) in [5.41, 5.74) is 2.46. The van der Waals surface area contributed by atoms with E-state index in [1.165, 1.54) is 31.9 Å². The van der Waals surface area contributed by atoms with Crippen LogP contribution in [-0.4, -0.2) is 44.7 Å². The summed E-state index contributed by atoms with van der Waals surface area (Å²) < 4.78 is 59.9. The molecule has 0 atom stereocenters. The first-order valence-corrected chi connectivity index (χ1v) is 16.4. The molecule has 1 aliphatic heterocycles. The van der Waals surface area contributed by atoms with E-state index in [9.17, 15) is 22.8 Å². The van der Waals surface area contributed by atoms with Gasteiger partial charge in [-0.15, -0.1) is 0 Å². The first-order valence-electron chi connectivity index (χ1n) is 16.4. The molecule has 1 saturated heterocycles. The van der Waals surface area contributed by atoms with Gasteiger partial charge in [0.25, 0.3) is 0 Å². The van der Waals surface area contributed by atoms with Gasteiger partial charge in [0.2, 0.25) is 6.41 Å². The minimum Gasteiger partial charge on any atom is -0.493 e. The summed E-state index contributed by atoms with van der Waals surface area (Å²) in [5.74, 6) is 2.16. The SMILES string of the molecule is COc1cc2nccc(Oc3cccc(NC(=O)Nc4ccc(N5CCC(C6=C(NC=O)CCCC6)CC5)c(C(F)(F)F)c4)c3)c2cc1OC. The van der Waals surface area contributed by atoms with Gasteiger partial charge in [-0.05, 0) is 92.5 Å². The third-order valence-electron chi connectivity index (χ3n) is 9.16. The van der Waals surface area contributed by atoms with Gasteiger partial charge in [0.1, 0.15) is 11.5 Å². The molecule has 2 aliphatic rings. The first-order chi connectivity index (χ1) is 24.2. The average Bonchev–Trinajstić information content (AvgIpc) is 3.11. The number of piperidine rings is 1. The Labute approximate surface area is 287 Å². The predicted molar refractivity (Wildman–Crippen MR) is 185 cm³/mol. The molecular weight excluding hydrogens is 651 g/mol. The molecule has 10 nitrogen and oxygen atoms in total. The maximum absolute atomic E-state index is 14.3. The molecule has 0 bridgehead atoms. The highest BCUT2D eigenvalue weighted by Crippen LogP contribution is 2.42. The van der Waals surface area contributed by atoms with Crippen molar-refractivity contribution in [3.8, 4) is 23.0 Å². The highest BCUT2D eigenvalue weighted by atomic mass is 19.4. The van der Waals surface area contributed by atoms with Crippen molar-refractivity contribution in [1.82, 2.24) is 10.3 Å². The molecule has 6 rings (SSSR count). The van der Waals surface area contributed by atoms with Crippen LogP contribution in [0, 0.1) is 5.92 Å².